The predicted octanol–water partition coefficient (Wildman–Crippen LogP) is 17.2. The van der Waals surface area contributed by atoms with E-state index in [2.05, 4.69) is 98.0 Å². The smallest absolute Gasteiger partial charge is 0.418 e. The minimum Gasteiger partial charge on any atom is -0.418 e. The molecule has 6 heterocycles. The molecular formula is C52H54B4F16N14S4Zn2. The van der Waals surface area contributed by atoms with E-state index < -0.39 is 29.0 Å². The maximum Gasteiger partial charge on any atom is 2.00 e. The van der Waals surface area contributed by atoms with Crippen LogP contribution in [0.4, 0.5) is 69.1 Å². The first-order valence-corrected chi connectivity index (χ1v) is 29.7. The summed E-state index contributed by atoms with van der Waals surface area (Å²) < 4.78 is 160. The molecule has 0 fully saturated rings. The Kier molecular flexibility index (Phi) is 54.3. The van der Waals surface area contributed by atoms with Crippen LogP contribution in [0.15, 0.2) is 158 Å². The van der Waals surface area contributed by atoms with Crippen LogP contribution in [0.3, 0.4) is 0 Å². The molecule has 0 unspecified atom stereocenters. The summed E-state index contributed by atoms with van der Waals surface area (Å²) in [5, 5.41) is 47.2. The molecule has 0 saturated heterocycles. The van der Waals surface area contributed by atoms with Crippen LogP contribution in [0.1, 0.15) is 73.8 Å². The summed E-state index contributed by atoms with van der Waals surface area (Å²) in [6, 6.07) is 51.7. The maximum absolute atomic E-state index is 9.75. The van der Waals surface area contributed by atoms with Gasteiger partial charge < -0.3 is 69.1 Å². The molecule has 0 spiro atoms. The number of hydrogen-bond acceptors (Lipinski definition) is 16. The van der Waals surface area contributed by atoms with Gasteiger partial charge in [-0.05, 0) is 72.8 Å². The Labute approximate surface area is 564 Å². The first-order valence-electron chi connectivity index (χ1n) is 25.1. The second-order valence-electron chi connectivity index (χ2n) is 15.5. The molecular weight excluding hydrogens is 1430 g/mol. The third kappa shape index (κ3) is 57.0. The van der Waals surface area contributed by atoms with E-state index >= 15 is 0 Å². The van der Waals surface area contributed by atoms with Crippen molar-refractivity contribution in [2.75, 3.05) is 0 Å². The zero-order valence-corrected chi connectivity index (χ0v) is 58.5. The van der Waals surface area contributed by atoms with Crippen molar-refractivity contribution in [3.8, 4) is 35.7 Å². The molecule has 0 aliphatic rings. The Bertz CT molecular complexity index is 2840. The fourth-order valence-electron chi connectivity index (χ4n) is 5.75. The molecule has 92 heavy (non-hydrogen) atoms. The van der Waals surface area contributed by atoms with Gasteiger partial charge in [-0.15, -0.1) is 67.4 Å². The average molecular weight is 1480 g/mol. The molecule has 0 bridgehead atoms. The molecule has 6 aromatic heterocycles. The maximum atomic E-state index is 9.75. The van der Waals surface area contributed by atoms with Crippen molar-refractivity contribution in [3.05, 3.63) is 204 Å². The van der Waals surface area contributed by atoms with Gasteiger partial charge >= 0.3 is 68.0 Å². The second kappa shape index (κ2) is 54.6. The van der Waals surface area contributed by atoms with Gasteiger partial charge in [0, 0.05) is 86.9 Å². The van der Waals surface area contributed by atoms with E-state index in [0.717, 1.165) is 103 Å². The predicted molar refractivity (Wildman–Crippen MR) is 326 cm³/mol. The van der Waals surface area contributed by atoms with Crippen LogP contribution in [0.5, 0.6) is 0 Å². The van der Waals surface area contributed by atoms with Crippen molar-refractivity contribution >= 4 is 76.1 Å². The van der Waals surface area contributed by atoms with Crippen LogP contribution in [0.25, 0.3) is 11.4 Å². The van der Waals surface area contributed by atoms with Gasteiger partial charge in [0.05, 0.1) is 70.1 Å². The molecule has 484 valence electrons. The number of benzene rings is 2. The number of hydrogen-bond donors (Lipinski definition) is 0. The number of thioether (sulfide) groups is 4. The Hall–Kier alpha value is -6.93. The van der Waals surface area contributed by atoms with Gasteiger partial charge in [0.1, 0.15) is 23.3 Å². The van der Waals surface area contributed by atoms with Crippen LogP contribution in [-0.2, 0) is 85.0 Å². The Morgan fingerprint density at radius 1 is 0.304 bits per heavy atom. The molecule has 2 aromatic carbocycles. The topological polar surface area (TPSA) is 208 Å². The van der Waals surface area contributed by atoms with E-state index in [9.17, 15) is 69.1 Å². The van der Waals surface area contributed by atoms with Gasteiger partial charge in [0.2, 0.25) is 0 Å². The number of aromatic nitrogens is 10. The van der Waals surface area contributed by atoms with E-state index in [1.54, 1.807) is 71.3 Å². The number of nitrogens with zero attached hydrogens (tertiary/aromatic N) is 14. The number of halogens is 16. The van der Waals surface area contributed by atoms with E-state index in [1.807, 2.05) is 110 Å². The molecule has 0 saturated carbocycles. The van der Waals surface area contributed by atoms with Crippen molar-refractivity contribution in [3.63, 3.8) is 0 Å². The molecule has 8 aromatic rings. The fourth-order valence-corrected chi connectivity index (χ4v) is 9.16. The average Bonchev–Trinajstić information content (AvgIpc) is 1.75. The summed E-state index contributed by atoms with van der Waals surface area (Å²) in [5.74, 6) is 10.4. The largest absolute Gasteiger partial charge is 2.00 e. The van der Waals surface area contributed by atoms with Crippen LogP contribution >= 0.6 is 47.0 Å². The summed E-state index contributed by atoms with van der Waals surface area (Å²) in [5.41, 5.74) is 6.51. The van der Waals surface area contributed by atoms with Crippen LogP contribution < -0.4 is 0 Å². The van der Waals surface area contributed by atoms with Gasteiger partial charge in [-0.25, -0.2) is 0 Å². The zero-order valence-electron chi connectivity index (χ0n) is 49.3. The van der Waals surface area contributed by atoms with Gasteiger partial charge in [-0.3, -0.25) is 29.1 Å². The third-order valence-electron chi connectivity index (χ3n) is 8.45. The number of pyridine rings is 4. The van der Waals surface area contributed by atoms with Crippen molar-refractivity contribution in [2.24, 2.45) is 0 Å². The molecule has 0 aliphatic heterocycles. The van der Waals surface area contributed by atoms with E-state index in [4.69, 9.17) is 21.0 Å². The van der Waals surface area contributed by atoms with Gasteiger partial charge in [-0.1, -0.05) is 60.7 Å². The van der Waals surface area contributed by atoms with Crippen LogP contribution in [0, 0.1) is 45.3 Å². The summed E-state index contributed by atoms with van der Waals surface area (Å²) in [4.78, 5) is 17.6. The Morgan fingerprint density at radius 2 is 0.467 bits per heavy atom. The molecule has 0 atom stereocenters. The third-order valence-corrected chi connectivity index (χ3v) is 12.3. The zero-order chi connectivity index (χ0) is 68.3. The van der Waals surface area contributed by atoms with Crippen LogP contribution in [0.2, 0.25) is 0 Å². The van der Waals surface area contributed by atoms with Gasteiger partial charge in [-0.2, -0.15) is 21.0 Å². The fraction of sp³-hybridized carbons (Fsp3) is 0.231. The quantitative estimate of drug-likeness (QED) is 0.0578. The molecule has 0 N–H and O–H groups in total. The molecule has 0 aliphatic carbocycles. The number of para-hydroxylation sites is 2. The molecule has 0 amide bonds. The monoisotopic (exact) mass is 1480 g/mol. The number of rotatable bonds is 18. The van der Waals surface area contributed by atoms with E-state index in [1.165, 1.54) is 27.7 Å². The summed E-state index contributed by atoms with van der Waals surface area (Å²) in [7, 11) is -24.0. The Morgan fingerprint density at radius 3 is 0.620 bits per heavy atom. The van der Waals surface area contributed by atoms with Gasteiger partial charge in [0.25, 0.3) is 0 Å². The molecule has 8 rings (SSSR count). The van der Waals surface area contributed by atoms with Crippen LogP contribution in [-0.4, -0.2) is 78.5 Å². The van der Waals surface area contributed by atoms with Crippen molar-refractivity contribution in [1.29, 1.82) is 21.0 Å². The summed E-state index contributed by atoms with van der Waals surface area (Å²) in [6.07, 6.45) is 7.33. The number of nitriles is 4. The van der Waals surface area contributed by atoms with Crippen molar-refractivity contribution < 1.29 is 108 Å². The standard InChI is InChI=1S/2C22H21N5S2.4C2H3N.4BF4.2Zn/c2*1-2-10-20(11-3-1)27-21(16-28-14-18-8-4-6-12-23-18)25-26-22(27)17-29-15-19-9-5-7-13-24-19;4*1-2-3;4*2-1(3,4)5;;/h2*1-13H,14-17H2;4*1H3;;;;;;/q;;;;;;4*-1;2*+2. The minimum atomic E-state index is -6.00. The SMILES string of the molecule is CC#N.CC#N.CC#N.CC#N.F[B-](F)(F)F.F[B-](F)(F)F.F[B-](F)(F)F.F[B-](F)(F)F.[Zn+2].[Zn+2].c1ccc(-n2c(CSCc3ccccn3)nnc2CSCc2ccccn2)cc1.c1ccc(-n2c(CSCc3ccccn3)nnc2CSCc2ccccn2)cc1. The Balaban J connectivity index is -0.000000567. The summed E-state index contributed by atoms with van der Waals surface area (Å²) in [6.45, 7) is 5.72. The first kappa shape index (κ1) is 91.5. The van der Waals surface area contributed by atoms with E-state index in [-0.39, 0.29) is 39.0 Å². The summed E-state index contributed by atoms with van der Waals surface area (Å²) >= 11 is 7.20. The molecule has 0 radical (unpaired) electrons. The first-order chi connectivity index (χ1) is 42.5. The second-order valence-corrected chi connectivity index (χ2v) is 19.5. The van der Waals surface area contributed by atoms with Gasteiger partial charge in [0.15, 0.2) is 0 Å². The minimum absolute atomic E-state index is 0. The molecule has 40 heteroatoms. The van der Waals surface area contributed by atoms with Crippen molar-refractivity contribution in [2.45, 2.75) is 73.7 Å². The van der Waals surface area contributed by atoms with Crippen molar-refractivity contribution in [1.82, 2.24) is 49.5 Å². The normalized spacial score (nSPS) is 9.83. The molecule has 14 nitrogen and oxygen atoms in total. The van der Waals surface area contributed by atoms with E-state index in [0.29, 0.717) is 0 Å².